The molecule has 1 aromatic rings. The van der Waals surface area contributed by atoms with Gasteiger partial charge in [0.15, 0.2) is 17.5 Å². The smallest absolute Gasteiger partial charge is 0.195 e. The van der Waals surface area contributed by atoms with E-state index in [1.54, 1.807) is 7.11 Å². The van der Waals surface area contributed by atoms with Crippen molar-refractivity contribution < 1.29 is 18.9 Å². The molecule has 1 aromatic carbocycles. The summed E-state index contributed by atoms with van der Waals surface area (Å²) in [6.45, 7) is 7.37. The summed E-state index contributed by atoms with van der Waals surface area (Å²) in [6.07, 6.45) is 5.80. The molecule has 186 valence electrons. The van der Waals surface area contributed by atoms with E-state index in [-0.39, 0.29) is 24.0 Å². The van der Waals surface area contributed by atoms with Crippen LogP contribution in [0.1, 0.15) is 32.1 Å². The lowest BCUT2D eigenvalue weighted by molar-refractivity contribution is 0.0699. The first-order valence-corrected chi connectivity index (χ1v) is 12.1. The molecule has 33 heavy (non-hydrogen) atoms. The maximum absolute atomic E-state index is 5.84. The van der Waals surface area contributed by atoms with Crippen LogP contribution in [0.5, 0.6) is 11.5 Å². The van der Waals surface area contributed by atoms with Gasteiger partial charge in [-0.2, -0.15) is 0 Å². The second kappa shape index (κ2) is 14.2. The number of hydrogen-bond donors (Lipinski definition) is 2. The van der Waals surface area contributed by atoms with Gasteiger partial charge in [-0.1, -0.05) is 0 Å². The number of benzene rings is 1. The molecule has 1 saturated heterocycles. The van der Waals surface area contributed by atoms with Gasteiger partial charge in [-0.3, -0.25) is 4.99 Å². The van der Waals surface area contributed by atoms with Gasteiger partial charge >= 0.3 is 0 Å². The minimum Gasteiger partial charge on any atom is -0.490 e. The third kappa shape index (κ3) is 8.77. The lowest BCUT2D eigenvalue weighted by Gasteiger charge is -2.16. The number of likely N-dealkylation sites (tertiary alicyclic amines) is 1. The molecule has 3 aliphatic rings. The number of aliphatic imine (C=N–C) groups is 1. The monoisotopic (exact) mass is 574 g/mol. The molecule has 2 aliphatic heterocycles. The first-order valence-electron chi connectivity index (χ1n) is 12.1. The van der Waals surface area contributed by atoms with E-state index >= 15 is 0 Å². The highest BCUT2D eigenvalue weighted by atomic mass is 127. The number of rotatable bonds is 11. The van der Waals surface area contributed by atoms with Gasteiger partial charge in [0.2, 0.25) is 0 Å². The number of hydrogen-bond acceptors (Lipinski definition) is 6. The van der Waals surface area contributed by atoms with Crippen LogP contribution in [0, 0.1) is 5.92 Å². The molecule has 0 radical (unpaired) electrons. The SMILES string of the molecule is COCCOCCCNC(=NCC1CCN(C2CC2)C1)Nc1ccc2c(c1)OCCCO2.I. The van der Waals surface area contributed by atoms with Crippen molar-refractivity contribution in [2.24, 2.45) is 10.9 Å². The van der Waals surface area contributed by atoms with Crippen LogP contribution >= 0.6 is 24.0 Å². The topological polar surface area (TPSA) is 76.6 Å². The molecule has 1 aliphatic carbocycles. The molecular formula is C24H39IN4O4. The standard InChI is InChI=1S/C24H38N4O4.HI/c1-29-14-15-30-11-2-9-25-24(26-17-19-8-10-28(18-19)21-5-6-21)27-20-4-7-22-23(16-20)32-13-3-12-31-22;/h4,7,16,19,21H,2-3,5-6,8-15,17-18H2,1H3,(H2,25,26,27);1H. The van der Waals surface area contributed by atoms with E-state index in [1.807, 2.05) is 18.2 Å². The summed E-state index contributed by atoms with van der Waals surface area (Å²) < 4.78 is 22.2. The van der Waals surface area contributed by atoms with E-state index in [9.17, 15) is 0 Å². The van der Waals surface area contributed by atoms with E-state index in [1.165, 1.54) is 32.4 Å². The van der Waals surface area contributed by atoms with E-state index < -0.39 is 0 Å². The highest BCUT2D eigenvalue weighted by Gasteiger charge is 2.34. The van der Waals surface area contributed by atoms with Gasteiger partial charge in [0.05, 0.1) is 26.4 Å². The van der Waals surface area contributed by atoms with Crippen LogP contribution in [0.15, 0.2) is 23.2 Å². The Labute approximate surface area is 214 Å². The minimum atomic E-state index is 0. The number of anilines is 1. The summed E-state index contributed by atoms with van der Waals surface area (Å²) in [4.78, 5) is 7.57. The lowest BCUT2D eigenvalue weighted by Crippen LogP contribution is -2.33. The van der Waals surface area contributed by atoms with Crippen LogP contribution in [0.25, 0.3) is 0 Å². The zero-order valence-electron chi connectivity index (χ0n) is 19.7. The Bertz CT molecular complexity index is 747. The van der Waals surface area contributed by atoms with Crippen LogP contribution in [0.4, 0.5) is 5.69 Å². The van der Waals surface area contributed by atoms with E-state index in [0.29, 0.717) is 39.0 Å². The number of methoxy groups -OCH3 is 1. The Balaban J connectivity index is 0.00000306. The fraction of sp³-hybridized carbons (Fsp3) is 0.708. The van der Waals surface area contributed by atoms with Gasteiger partial charge in [-0.25, -0.2) is 0 Å². The number of fused-ring (bicyclic) bond motifs is 1. The van der Waals surface area contributed by atoms with Crippen LogP contribution in [-0.2, 0) is 9.47 Å². The molecule has 8 nitrogen and oxygen atoms in total. The molecule has 2 heterocycles. The predicted molar refractivity (Wildman–Crippen MR) is 141 cm³/mol. The third-order valence-corrected chi connectivity index (χ3v) is 6.09. The summed E-state index contributed by atoms with van der Waals surface area (Å²) in [5.41, 5.74) is 0.947. The first kappa shape index (κ1) is 26.3. The second-order valence-electron chi connectivity index (χ2n) is 8.79. The fourth-order valence-electron chi connectivity index (χ4n) is 4.15. The molecular weight excluding hydrogens is 535 g/mol. The molecule has 0 spiro atoms. The number of guanidine groups is 1. The minimum absolute atomic E-state index is 0. The third-order valence-electron chi connectivity index (χ3n) is 6.09. The zero-order valence-corrected chi connectivity index (χ0v) is 22.1. The van der Waals surface area contributed by atoms with Crippen LogP contribution in [0.2, 0.25) is 0 Å². The molecule has 1 unspecified atom stereocenters. The number of nitrogens with one attached hydrogen (secondary N) is 2. The van der Waals surface area contributed by atoms with Crippen LogP contribution in [0.3, 0.4) is 0 Å². The zero-order chi connectivity index (χ0) is 22.0. The number of halogens is 1. The summed E-state index contributed by atoms with van der Waals surface area (Å²) in [6, 6.07) is 6.83. The second-order valence-corrected chi connectivity index (χ2v) is 8.79. The summed E-state index contributed by atoms with van der Waals surface area (Å²) in [5.74, 6) is 3.03. The van der Waals surface area contributed by atoms with Crippen molar-refractivity contribution in [3.05, 3.63) is 18.2 Å². The Morgan fingerprint density at radius 3 is 2.79 bits per heavy atom. The quantitative estimate of drug-likeness (QED) is 0.182. The van der Waals surface area contributed by atoms with Crippen molar-refractivity contribution in [2.75, 3.05) is 71.6 Å². The van der Waals surface area contributed by atoms with Gasteiger partial charge < -0.3 is 34.5 Å². The molecule has 2 N–H and O–H groups in total. The van der Waals surface area contributed by atoms with E-state index in [0.717, 1.165) is 55.1 Å². The summed E-state index contributed by atoms with van der Waals surface area (Å²) >= 11 is 0. The number of ether oxygens (including phenoxy) is 4. The Morgan fingerprint density at radius 2 is 1.97 bits per heavy atom. The largest absolute Gasteiger partial charge is 0.490 e. The lowest BCUT2D eigenvalue weighted by atomic mass is 10.1. The van der Waals surface area contributed by atoms with Crippen molar-refractivity contribution in [1.82, 2.24) is 10.2 Å². The molecule has 4 rings (SSSR count). The Hall–Kier alpha value is -1.30. The van der Waals surface area contributed by atoms with Crippen molar-refractivity contribution in [3.63, 3.8) is 0 Å². The fourth-order valence-corrected chi connectivity index (χ4v) is 4.15. The van der Waals surface area contributed by atoms with Gasteiger partial charge in [0, 0.05) is 57.6 Å². The number of nitrogens with zero attached hydrogens (tertiary/aromatic N) is 2. The van der Waals surface area contributed by atoms with Crippen molar-refractivity contribution in [2.45, 2.75) is 38.1 Å². The summed E-state index contributed by atoms with van der Waals surface area (Å²) in [5, 5.41) is 6.92. The van der Waals surface area contributed by atoms with Crippen molar-refractivity contribution in [1.29, 1.82) is 0 Å². The Morgan fingerprint density at radius 1 is 1.12 bits per heavy atom. The average Bonchev–Trinajstić information content (AvgIpc) is 3.59. The maximum Gasteiger partial charge on any atom is 0.195 e. The molecule has 2 fully saturated rings. The highest BCUT2D eigenvalue weighted by Crippen LogP contribution is 2.33. The van der Waals surface area contributed by atoms with Crippen molar-refractivity contribution in [3.8, 4) is 11.5 Å². The molecule has 1 atom stereocenters. The van der Waals surface area contributed by atoms with Gasteiger partial charge in [-0.05, 0) is 50.3 Å². The van der Waals surface area contributed by atoms with Gasteiger partial charge in [-0.15, -0.1) is 24.0 Å². The molecule has 9 heteroatoms. The van der Waals surface area contributed by atoms with Gasteiger partial charge in [0.1, 0.15) is 0 Å². The maximum atomic E-state index is 5.84. The van der Waals surface area contributed by atoms with E-state index in [4.69, 9.17) is 23.9 Å². The predicted octanol–water partition coefficient (Wildman–Crippen LogP) is 3.36. The van der Waals surface area contributed by atoms with Crippen molar-refractivity contribution >= 4 is 35.6 Å². The molecule has 0 bridgehead atoms. The average molecular weight is 575 g/mol. The Kier molecular flexibility index (Phi) is 11.3. The highest BCUT2D eigenvalue weighted by molar-refractivity contribution is 14.0. The molecule has 0 amide bonds. The van der Waals surface area contributed by atoms with Crippen LogP contribution in [-0.4, -0.2) is 83.2 Å². The van der Waals surface area contributed by atoms with E-state index in [2.05, 4.69) is 15.5 Å². The normalized spacial score (nSPS) is 20.8. The molecule has 0 aromatic heterocycles. The first-order chi connectivity index (χ1) is 15.8. The molecule has 1 saturated carbocycles. The summed E-state index contributed by atoms with van der Waals surface area (Å²) in [7, 11) is 1.69. The van der Waals surface area contributed by atoms with Gasteiger partial charge in [0.25, 0.3) is 0 Å². The van der Waals surface area contributed by atoms with Crippen LogP contribution < -0.4 is 20.1 Å².